The van der Waals surface area contributed by atoms with E-state index in [1.807, 2.05) is 49.6 Å². The van der Waals surface area contributed by atoms with E-state index in [9.17, 15) is 4.39 Å². The fraction of sp³-hybridized carbons (Fsp3) is 0.205. The number of hydrogen-bond acceptors (Lipinski definition) is 4. The van der Waals surface area contributed by atoms with Crippen LogP contribution in [0.25, 0.3) is 61.3 Å². The molecule has 4 heterocycles. The summed E-state index contributed by atoms with van der Waals surface area (Å²) in [5, 5.41) is 2.17. The van der Waals surface area contributed by atoms with E-state index in [-0.39, 0.29) is 31.2 Å². The van der Waals surface area contributed by atoms with E-state index in [1.54, 1.807) is 12.3 Å². The number of aromatic nitrogens is 4. The van der Waals surface area contributed by atoms with Gasteiger partial charge in [-0.1, -0.05) is 99.6 Å². The Balaban J connectivity index is 0.000000222. The number of fused-ring (bicyclic) bond motifs is 4. The summed E-state index contributed by atoms with van der Waals surface area (Å²) >= 11 is 0. The van der Waals surface area contributed by atoms with Crippen LogP contribution in [0.15, 0.2) is 102 Å². The molecule has 0 saturated heterocycles. The molecule has 0 aliphatic carbocycles. The van der Waals surface area contributed by atoms with Crippen LogP contribution in [-0.4, -0.2) is 19.5 Å². The number of hydrogen-bond donors (Lipinski definition) is 0. The molecular weight excluding hydrogens is 812 g/mol. The Morgan fingerprint density at radius 3 is 2.27 bits per heavy atom. The molecule has 1 radical (unpaired) electrons. The zero-order valence-electron chi connectivity index (χ0n) is 32.3. The molecule has 0 spiro atoms. The number of furan rings is 1. The normalized spacial score (nSPS) is 12.5. The number of benzene rings is 4. The predicted molar refractivity (Wildman–Crippen MR) is 201 cm³/mol. The van der Waals surface area contributed by atoms with Crippen LogP contribution in [-0.2, 0) is 20.1 Å². The summed E-state index contributed by atoms with van der Waals surface area (Å²) in [5.41, 5.74) is 10.8. The second kappa shape index (κ2) is 14.7. The van der Waals surface area contributed by atoms with Crippen LogP contribution >= 0.6 is 0 Å². The van der Waals surface area contributed by atoms with Crippen molar-refractivity contribution in [3.8, 4) is 28.3 Å². The Labute approximate surface area is 316 Å². The summed E-state index contributed by atoms with van der Waals surface area (Å²) < 4.78 is 44.2. The first-order chi connectivity index (χ1) is 25.3. The van der Waals surface area contributed by atoms with Crippen molar-refractivity contribution in [2.24, 2.45) is 0 Å². The third-order valence-electron chi connectivity index (χ3n) is 8.94. The fourth-order valence-corrected chi connectivity index (χ4v) is 6.42. The second-order valence-corrected chi connectivity index (χ2v) is 13.2. The Kier molecular flexibility index (Phi) is 9.22. The van der Waals surface area contributed by atoms with Gasteiger partial charge in [-0.2, -0.15) is 0 Å². The molecule has 0 amide bonds. The number of rotatable bonds is 5. The molecule has 0 saturated carbocycles. The topological polar surface area (TPSA) is 56.7 Å². The number of aryl methyl sites for hydroxylation is 3. The van der Waals surface area contributed by atoms with Crippen LogP contribution in [0.3, 0.4) is 0 Å². The molecule has 0 unspecified atom stereocenters. The Morgan fingerprint density at radius 1 is 0.824 bits per heavy atom. The van der Waals surface area contributed by atoms with Crippen LogP contribution in [0.5, 0.6) is 0 Å². The molecule has 8 rings (SSSR count). The van der Waals surface area contributed by atoms with Crippen LogP contribution in [0.2, 0.25) is 0 Å². The summed E-state index contributed by atoms with van der Waals surface area (Å²) in [7, 11) is 0. The molecule has 5 nitrogen and oxygen atoms in total. The van der Waals surface area contributed by atoms with Crippen molar-refractivity contribution in [2.75, 3.05) is 0 Å². The van der Waals surface area contributed by atoms with E-state index in [2.05, 4.69) is 91.6 Å². The van der Waals surface area contributed by atoms with E-state index >= 15 is 0 Å². The monoisotopic (exact) mass is 854 g/mol. The quantitative estimate of drug-likeness (QED) is 0.162. The molecule has 259 valence electrons. The zero-order chi connectivity index (χ0) is 37.6. The van der Waals surface area contributed by atoms with E-state index in [0.717, 1.165) is 61.6 Å². The number of pyridine rings is 2. The molecule has 0 fully saturated rings. The van der Waals surface area contributed by atoms with Gasteiger partial charge in [0.15, 0.2) is 0 Å². The van der Waals surface area contributed by atoms with Crippen molar-refractivity contribution in [3.63, 3.8) is 0 Å². The van der Waals surface area contributed by atoms with Crippen molar-refractivity contribution >= 4 is 33.0 Å². The molecule has 4 aromatic carbocycles. The molecular formula is C44H39FIrN4O-2. The van der Waals surface area contributed by atoms with E-state index in [0.29, 0.717) is 17.5 Å². The van der Waals surface area contributed by atoms with Gasteiger partial charge in [-0.25, -0.2) is 0 Å². The van der Waals surface area contributed by atoms with Gasteiger partial charge in [0, 0.05) is 53.5 Å². The maximum Gasteiger partial charge on any atom is 0.120 e. The summed E-state index contributed by atoms with van der Waals surface area (Å²) in [5.74, 6) is 0.895. The summed E-state index contributed by atoms with van der Waals surface area (Å²) in [4.78, 5) is 13.9. The minimum Gasteiger partial charge on any atom is -0.501 e. The third kappa shape index (κ3) is 6.76. The van der Waals surface area contributed by atoms with Crippen molar-refractivity contribution < 1.29 is 33.0 Å². The second-order valence-electron chi connectivity index (χ2n) is 13.2. The van der Waals surface area contributed by atoms with Gasteiger partial charge in [-0.15, -0.1) is 42.0 Å². The van der Waals surface area contributed by atoms with E-state index < -0.39 is 12.7 Å². The van der Waals surface area contributed by atoms with Gasteiger partial charge in [0.2, 0.25) is 0 Å². The van der Waals surface area contributed by atoms with Gasteiger partial charge in [0.1, 0.15) is 5.58 Å². The number of halogens is 1. The van der Waals surface area contributed by atoms with Gasteiger partial charge >= 0.3 is 0 Å². The Bertz CT molecular complexity index is 2580. The van der Waals surface area contributed by atoms with Gasteiger partial charge in [-0.3, -0.25) is 14.4 Å². The zero-order valence-corrected chi connectivity index (χ0v) is 31.7. The maximum absolute atomic E-state index is 13.8. The standard InChI is InChI=1S/C31H28N3O.C13H11FN.Ir/c1-18(2)21-11-8-12-22(19(3)4)29(21)34-26-17-32-16-20(5)28(26)33-31(34)25-14-9-13-24-23-10-6-7-15-27(23)35-30(24)25;1-9-3-5-11(12(14)7-9)13-6-4-10(2)8-15-13;/h6-13,15-19H,1-5H3;3-4,6-8H,1-2H3;/q2*-1;/i;1D3;. The molecule has 0 bridgehead atoms. The average Bonchev–Trinajstić information content (AvgIpc) is 3.71. The van der Waals surface area contributed by atoms with Crippen LogP contribution in [0.1, 0.15) is 71.5 Å². The molecule has 51 heavy (non-hydrogen) atoms. The fourth-order valence-electron chi connectivity index (χ4n) is 6.42. The molecule has 0 aliphatic rings. The first-order valence-corrected chi connectivity index (χ1v) is 16.8. The summed E-state index contributed by atoms with van der Waals surface area (Å²) in [6.07, 6.45) is 5.44. The molecule has 7 heteroatoms. The molecule has 0 atom stereocenters. The minimum absolute atomic E-state index is 0. The van der Waals surface area contributed by atoms with Crippen LogP contribution in [0.4, 0.5) is 4.39 Å². The van der Waals surface area contributed by atoms with Gasteiger partial charge in [0.05, 0.1) is 28.6 Å². The molecule has 0 aliphatic heterocycles. The van der Waals surface area contributed by atoms with Crippen LogP contribution < -0.4 is 0 Å². The van der Waals surface area contributed by atoms with Gasteiger partial charge in [0.25, 0.3) is 0 Å². The smallest absolute Gasteiger partial charge is 0.120 e. The minimum atomic E-state index is -2.32. The summed E-state index contributed by atoms with van der Waals surface area (Å²) in [6.45, 7) is 10.6. The predicted octanol–water partition coefficient (Wildman–Crippen LogP) is 11.6. The van der Waals surface area contributed by atoms with Crippen molar-refractivity contribution in [3.05, 3.63) is 143 Å². The van der Waals surface area contributed by atoms with E-state index in [4.69, 9.17) is 13.5 Å². The first kappa shape index (κ1) is 32.0. The average molecular weight is 854 g/mol. The molecule has 0 N–H and O–H groups in total. The van der Waals surface area contributed by atoms with Crippen molar-refractivity contribution in [2.45, 2.75) is 60.2 Å². The summed E-state index contributed by atoms with van der Waals surface area (Å²) in [6, 6.07) is 30.8. The molecule has 4 aromatic heterocycles. The Morgan fingerprint density at radius 2 is 1.59 bits per heavy atom. The van der Waals surface area contributed by atoms with Gasteiger partial charge < -0.3 is 14.0 Å². The number of imidazole rings is 1. The molecule has 8 aromatic rings. The maximum atomic E-state index is 13.8. The first-order valence-electron chi connectivity index (χ1n) is 18.3. The SMILES string of the molecule is Cc1cncc2c1nc(-c1[c-]ccc3c1oc1ccccc13)n2-c1c(C(C)C)cccc1C(C)C.[2H]C([2H])([2H])c1c[c-]c(-c2ccc(C)cn2)c(F)c1.[Ir]. The van der Waals surface area contributed by atoms with Gasteiger partial charge in [-0.05, 0) is 59.7 Å². The number of para-hydroxylation sites is 2. The van der Waals surface area contributed by atoms with Crippen LogP contribution in [0, 0.1) is 38.6 Å². The van der Waals surface area contributed by atoms with Crippen molar-refractivity contribution in [1.29, 1.82) is 0 Å². The van der Waals surface area contributed by atoms with Crippen molar-refractivity contribution in [1.82, 2.24) is 19.5 Å². The largest absolute Gasteiger partial charge is 0.501 e. The van der Waals surface area contributed by atoms with E-state index in [1.165, 1.54) is 22.9 Å². The Hall–Kier alpha value is -4.97. The third-order valence-corrected chi connectivity index (χ3v) is 8.94. The number of nitrogens with zero attached hydrogens (tertiary/aromatic N) is 4.